The first-order chi connectivity index (χ1) is 9.29. The molecular weight excluding hydrogens is 242 g/mol. The van der Waals surface area contributed by atoms with Gasteiger partial charge in [-0.05, 0) is 37.8 Å². The van der Waals surface area contributed by atoms with Crippen molar-refractivity contribution in [1.82, 2.24) is 10.3 Å². The minimum atomic E-state index is -0.0342. The van der Waals surface area contributed by atoms with Gasteiger partial charge in [-0.25, -0.2) is 4.98 Å². The van der Waals surface area contributed by atoms with E-state index in [1.807, 2.05) is 6.92 Å². The Balaban J connectivity index is 1.86. The van der Waals surface area contributed by atoms with Crippen LogP contribution in [0.3, 0.4) is 0 Å². The summed E-state index contributed by atoms with van der Waals surface area (Å²) < 4.78 is 5.30. The van der Waals surface area contributed by atoms with Crippen molar-refractivity contribution in [1.29, 1.82) is 0 Å². The lowest BCUT2D eigenvalue weighted by atomic mass is 10.0. The molecule has 19 heavy (non-hydrogen) atoms. The van der Waals surface area contributed by atoms with E-state index in [2.05, 4.69) is 15.6 Å². The maximum Gasteiger partial charge on any atom is 0.251 e. The molecule has 0 unspecified atom stereocenters. The second-order valence-electron chi connectivity index (χ2n) is 4.73. The molecule has 104 valence electrons. The number of carbonyl (C=O) groups excluding carboxylic acids is 1. The Bertz CT molecular complexity index is 417. The van der Waals surface area contributed by atoms with Gasteiger partial charge in [0.2, 0.25) is 0 Å². The first-order valence-corrected chi connectivity index (χ1v) is 6.85. The molecule has 1 aromatic rings. The predicted octanol–water partition coefficient (Wildman–Crippen LogP) is 1.67. The summed E-state index contributed by atoms with van der Waals surface area (Å²) in [5, 5.41) is 6.09. The van der Waals surface area contributed by atoms with E-state index in [1.54, 1.807) is 18.3 Å². The zero-order chi connectivity index (χ0) is 13.5. The van der Waals surface area contributed by atoms with Crippen LogP contribution in [0.2, 0.25) is 0 Å². The largest absolute Gasteiger partial charge is 0.381 e. The molecular formula is C14H21N3O2. The quantitative estimate of drug-likeness (QED) is 0.848. The van der Waals surface area contributed by atoms with Crippen LogP contribution in [0.5, 0.6) is 0 Å². The van der Waals surface area contributed by atoms with Crippen molar-refractivity contribution in [2.45, 2.75) is 19.8 Å². The molecule has 2 rings (SSSR count). The van der Waals surface area contributed by atoms with Crippen molar-refractivity contribution in [3.05, 3.63) is 23.9 Å². The molecule has 0 aromatic carbocycles. The number of hydrogen-bond acceptors (Lipinski definition) is 4. The number of rotatable bonds is 5. The minimum absolute atomic E-state index is 0.0342. The maximum absolute atomic E-state index is 12.0. The lowest BCUT2D eigenvalue weighted by Crippen LogP contribution is -2.32. The van der Waals surface area contributed by atoms with Gasteiger partial charge < -0.3 is 15.4 Å². The van der Waals surface area contributed by atoms with E-state index in [0.29, 0.717) is 11.5 Å². The summed E-state index contributed by atoms with van der Waals surface area (Å²) in [7, 11) is 0. The van der Waals surface area contributed by atoms with E-state index in [9.17, 15) is 4.79 Å². The lowest BCUT2D eigenvalue weighted by Gasteiger charge is -2.22. The molecule has 1 saturated heterocycles. The average molecular weight is 263 g/mol. The standard InChI is InChI=1S/C14H21N3O2/c1-2-15-13-9-12(3-6-16-13)14(18)17-10-11-4-7-19-8-5-11/h3,6,9,11H,2,4-5,7-8,10H2,1H3,(H,15,16)(H,17,18). The topological polar surface area (TPSA) is 63.2 Å². The second kappa shape index (κ2) is 7.09. The molecule has 1 amide bonds. The Labute approximate surface area is 113 Å². The molecule has 0 radical (unpaired) electrons. The van der Waals surface area contributed by atoms with Gasteiger partial charge in [-0.1, -0.05) is 0 Å². The number of ether oxygens (including phenoxy) is 1. The number of hydrogen-bond donors (Lipinski definition) is 2. The summed E-state index contributed by atoms with van der Waals surface area (Å²) in [5.74, 6) is 1.24. The summed E-state index contributed by atoms with van der Waals surface area (Å²) in [6, 6.07) is 3.52. The molecule has 0 atom stereocenters. The van der Waals surface area contributed by atoms with Gasteiger partial charge in [0.05, 0.1) is 0 Å². The van der Waals surface area contributed by atoms with Crippen LogP contribution in [0.15, 0.2) is 18.3 Å². The van der Waals surface area contributed by atoms with Crippen molar-refractivity contribution in [3.8, 4) is 0 Å². The smallest absolute Gasteiger partial charge is 0.251 e. The third-order valence-corrected chi connectivity index (χ3v) is 3.27. The van der Waals surface area contributed by atoms with E-state index in [-0.39, 0.29) is 5.91 Å². The first-order valence-electron chi connectivity index (χ1n) is 6.85. The molecule has 0 aliphatic carbocycles. The average Bonchev–Trinajstić information content (AvgIpc) is 2.46. The molecule has 5 heteroatoms. The van der Waals surface area contributed by atoms with E-state index in [1.165, 1.54) is 0 Å². The first kappa shape index (κ1) is 13.8. The van der Waals surface area contributed by atoms with Crippen LogP contribution >= 0.6 is 0 Å². The Morgan fingerprint density at radius 1 is 1.47 bits per heavy atom. The molecule has 2 heterocycles. The Hall–Kier alpha value is -1.62. The van der Waals surface area contributed by atoms with Crippen molar-refractivity contribution in [2.75, 3.05) is 31.6 Å². The molecule has 5 nitrogen and oxygen atoms in total. The number of amides is 1. The van der Waals surface area contributed by atoms with Crippen LogP contribution < -0.4 is 10.6 Å². The van der Waals surface area contributed by atoms with Gasteiger partial charge in [-0.3, -0.25) is 4.79 Å². The number of nitrogens with zero attached hydrogens (tertiary/aromatic N) is 1. The highest BCUT2D eigenvalue weighted by atomic mass is 16.5. The minimum Gasteiger partial charge on any atom is -0.381 e. The zero-order valence-corrected chi connectivity index (χ0v) is 11.3. The number of pyridine rings is 1. The fraction of sp³-hybridized carbons (Fsp3) is 0.571. The van der Waals surface area contributed by atoms with E-state index >= 15 is 0 Å². The van der Waals surface area contributed by atoms with Crippen molar-refractivity contribution in [3.63, 3.8) is 0 Å². The highest BCUT2D eigenvalue weighted by Crippen LogP contribution is 2.13. The SMILES string of the molecule is CCNc1cc(C(=O)NCC2CCOCC2)ccn1. The number of nitrogens with one attached hydrogen (secondary N) is 2. The highest BCUT2D eigenvalue weighted by molar-refractivity contribution is 5.94. The van der Waals surface area contributed by atoms with Crippen LogP contribution in [0.1, 0.15) is 30.1 Å². The van der Waals surface area contributed by atoms with E-state index in [0.717, 1.165) is 45.0 Å². The van der Waals surface area contributed by atoms with Gasteiger partial charge in [-0.2, -0.15) is 0 Å². The third-order valence-electron chi connectivity index (χ3n) is 3.27. The van der Waals surface area contributed by atoms with Crippen LogP contribution in [0, 0.1) is 5.92 Å². The molecule has 1 aliphatic heterocycles. The highest BCUT2D eigenvalue weighted by Gasteiger charge is 2.15. The lowest BCUT2D eigenvalue weighted by molar-refractivity contribution is 0.0642. The molecule has 2 N–H and O–H groups in total. The molecule has 0 saturated carbocycles. The molecule has 1 aromatic heterocycles. The van der Waals surface area contributed by atoms with Gasteiger partial charge in [-0.15, -0.1) is 0 Å². The van der Waals surface area contributed by atoms with E-state index < -0.39 is 0 Å². The zero-order valence-electron chi connectivity index (χ0n) is 11.3. The summed E-state index contributed by atoms with van der Waals surface area (Å²) >= 11 is 0. The molecule has 1 aliphatic rings. The Kier molecular flexibility index (Phi) is 5.15. The fourth-order valence-electron chi connectivity index (χ4n) is 2.14. The number of anilines is 1. The third kappa shape index (κ3) is 4.21. The maximum atomic E-state index is 12.0. The Morgan fingerprint density at radius 3 is 3.00 bits per heavy atom. The van der Waals surface area contributed by atoms with Crippen molar-refractivity contribution in [2.24, 2.45) is 5.92 Å². The summed E-state index contributed by atoms with van der Waals surface area (Å²) in [4.78, 5) is 16.2. The fourth-order valence-corrected chi connectivity index (χ4v) is 2.14. The van der Waals surface area contributed by atoms with E-state index in [4.69, 9.17) is 4.74 Å². The second-order valence-corrected chi connectivity index (χ2v) is 4.73. The monoisotopic (exact) mass is 263 g/mol. The van der Waals surface area contributed by atoms with Gasteiger partial charge in [0.1, 0.15) is 5.82 Å². The van der Waals surface area contributed by atoms with Crippen molar-refractivity contribution >= 4 is 11.7 Å². The summed E-state index contributed by atoms with van der Waals surface area (Å²) in [5.41, 5.74) is 0.651. The molecule has 0 spiro atoms. The summed E-state index contributed by atoms with van der Waals surface area (Å²) in [6.07, 6.45) is 3.71. The van der Waals surface area contributed by atoms with Gasteiger partial charge in [0, 0.05) is 38.1 Å². The Morgan fingerprint density at radius 2 is 2.26 bits per heavy atom. The van der Waals surface area contributed by atoms with Crippen LogP contribution in [-0.2, 0) is 4.74 Å². The number of carbonyl (C=O) groups is 1. The van der Waals surface area contributed by atoms with Crippen molar-refractivity contribution < 1.29 is 9.53 Å². The normalized spacial score (nSPS) is 16.1. The number of aromatic nitrogens is 1. The van der Waals surface area contributed by atoms with Crippen LogP contribution in [-0.4, -0.2) is 37.2 Å². The predicted molar refractivity (Wildman–Crippen MR) is 74.3 cm³/mol. The van der Waals surface area contributed by atoms with Crippen LogP contribution in [0.4, 0.5) is 5.82 Å². The van der Waals surface area contributed by atoms with Gasteiger partial charge in [0.25, 0.3) is 5.91 Å². The molecule has 0 bridgehead atoms. The van der Waals surface area contributed by atoms with Gasteiger partial charge >= 0.3 is 0 Å². The summed E-state index contributed by atoms with van der Waals surface area (Å²) in [6.45, 7) is 5.13. The van der Waals surface area contributed by atoms with Gasteiger partial charge in [0.15, 0.2) is 0 Å². The van der Waals surface area contributed by atoms with Crippen LogP contribution in [0.25, 0.3) is 0 Å². The molecule has 1 fully saturated rings.